The molecule has 0 saturated carbocycles. The highest BCUT2D eigenvalue weighted by Gasteiger charge is 2.34. The molecule has 0 amide bonds. The minimum Gasteiger partial charge on any atom is -0.228 e. The Hall–Kier alpha value is -2.51. The summed E-state index contributed by atoms with van der Waals surface area (Å²) in [7, 11) is 0. The van der Waals surface area contributed by atoms with E-state index in [0.29, 0.717) is 6.42 Å². The average Bonchev–Trinajstić information content (AvgIpc) is 2.68. The van der Waals surface area contributed by atoms with Crippen molar-refractivity contribution < 1.29 is 57.1 Å². The van der Waals surface area contributed by atoms with Crippen LogP contribution in [0.2, 0.25) is 0 Å². The third kappa shape index (κ3) is 5.15. The number of nitrogens with one attached hydrogen (secondary N) is 1. The summed E-state index contributed by atoms with van der Waals surface area (Å²) in [5.41, 5.74) is -4.52. The molecule has 0 aromatic heterocycles. The van der Waals surface area contributed by atoms with Crippen molar-refractivity contribution in [1.82, 2.24) is 5.32 Å². The fraction of sp³-hybridized carbons (Fsp3) is 0.250. The van der Waals surface area contributed by atoms with Crippen molar-refractivity contribution in [2.45, 2.75) is 19.6 Å². The van der Waals surface area contributed by atoms with Gasteiger partial charge in [-0.2, -0.15) is 13.2 Å². The molecule has 168 valence electrons. The van der Waals surface area contributed by atoms with Crippen molar-refractivity contribution in [3.63, 3.8) is 0 Å². The molecule has 2 aromatic rings. The van der Waals surface area contributed by atoms with Crippen LogP contribution in [0.5, 0.6) is 0 Å². The third-order valence-corrected chi connectivity index (χ3v) is 3.25. The van der Waals surface area contributed by atoms with Crippen LogP contribution in [0.15, 0.2) is 0 Å². The molecule has 30 heavy (non-hydrogen) atoms. The van der Waals surface area contributed by atoms with Crippen molar-refractivity contribution in [3.05, 3.63) is 58.2 Å². The van der Waals surface area contributed by atoms with Crippen LogP contribution in [0.3, 0.4) is 0 Å². The van der Waals surface area contributed by atoms with E-state index in [1.54, 1.807) is 6.92 Å². The van der Waals surface area contributed by atoms with Crippen molar-refractivity contribution in [3.8, 4) is 11.1 Å². The van der Waals surface area contributed by atoms with Gasteiger partial charge in [-0.3, -0.25) is 0 Å². The molecule has 0 heterocycles. The van der Waals surface area contributed by atoms with E-state index in [4.69, 9.17) is 0 Å². The van der Waals surface area contributed by atoms with Crippen LogP contribution in [0.1, 0.15) is 13.3 Å². The largest absolute Gasteiger partial charge is 0.457 e. The molecule has 0 unspecified atom stereocenters. The summed E-state index contributed by atoms with van der Waals surface area (Å²) < 4.78 is 165. The van der Waals surface area contributed by atoms with Gasteiger partial charge in [-0.05, 0) is 6.42 Å². The van der Waals surface area contributed by atoms with Gasteiger partial charge in [0.1, 0.15) is 0 Å². The van der Waals surface area contributed by atoms with E-state index in [0.717, 1.165) is 0 Å². The molecule has 0 fully saturated rings. The van der Waals surface area contributed by atoms with E-state index in [2.05, 4.69) is 0 Å². The zero-order valence-corrected chi connectivity index (χ0v) is 14.3. The van der Waals surface area contributed by atoms with Gasteiger partial charge in [0.05, 0.1) is 11.1 Å². The predicted octanol–water partition coefficient (Wildman–Crippen LogP) is 6.25. The van der Waals surface area contributed by atoms with E-state index in [1.807, 2.05) is 0 Å². The molecule has 0 aliphatic carbocycles. The van der Waals surface area contributed by atoms with Crippen LogP contribution in [-0.4, -0.2) is 12.8 Å². The van der Waals surface area contributed by atoms with Crippen molar-refractivity contribution in [2.75, 3.05) is 6.54 Å². The molecule has 1 nitrogen and oxygen atoms in total. The van der Waals surface area contributed by atoms with E-state index in [1.165, 1.54) is 5.32 Å². The molecule has 0 aliphatic heterocycles. The Labute approximate surface area is 159 Å². The molecule has 0 spiro atoms. The van der Waals surface area contributed by atoms with Gasteiger partial charge in [0.25, 0.3) is 0 Å². The van der Waals surface area contributed by atoms with Gasteiger partial charge in [-0.25, -0.2) is 49.2 Å². The zero-order chi connectivity index (χ0) is 23.5. The van der Waals surface area contributed by atoms with Crippen molar-refractivity contribution in [1.29, 1.82) is 0 Å². The highest BCUT2D eigenvalue weighted by atomic mass is 19.4. The smallest absolute Gasteiger partial charge is 0.228 e. The lowest BCUT2D eigenvalue weighted by Gasteiger charge is -2.11. The molecule has 14 heteroatoms. The first kappa shape index (κ1) is 25.5. The Balaban J connectivity index is 0.000000479. The molecule has 2 aromatic carbocycles. The topological polar surface area (TPSA) is 12.0 Å². The number of rotatable bonds is 3. The first-order chi connectivity index (χ1) is 13.7. The molecule has 0 radical (unpaired) electrons. The van der Waals surface area contributed by atoms with Gasteiger partial charge >= 0.3 is 6.30 Å². The maximum Gasteiger partial charge on any atom is 0.457 e. The van der Waals surface area contributed by atoms with Crippen LogP contribution >= 0.6 is 0 Å². The van der Waals surface area contributed by atoms with E-state index in [-0.39, 0.29) is 6.54 Å². The Bertz CT molecular complexity index is 811. The van der Waals surface area contributed by atoms with Gasteiger partial charge in [-0.15, -0.1) is 0 Å². The SMILES string of the molecule is CCCNC(F)(F)F.Fc1c(F)c(F)c(-c2c(F)c(F)c(F)c(F)c2F)c(F)c1F. The fourth-order valence-corrected chi connectivity index (χ4v) is 1.92. The number of alkyl halides is 3. The molecule has 2 rings (SSSR count). The summed E-state index contributed by atoms with van der Waals surface area (Å²) in [5, 5.41) is 1.37. The van der Waals surface area contributed by atoms with Gasteiger partial charge in [0.15, 0.2) is 46.5 Å². The second kappa shape index (κ2) is 9.53. The number of benzene rings is 2. The van der Waals surface area contributed by atoms with Crippen LogP contribution in [0.4, 0.5) is 57.1 Å². The lowest BCUT2D eigenvalue weighted by atomic mass is 10.0. The maximum atomic E-state index is 13.4. The summed E-state index contributed by atoms with van der Waals surface area (Å²) >= 11 is 0. The quantitative estimate of drug-likeness (QED) is 0.247. The summed E-state index contributed by atoms with van der Waals surface area (Å²) in [6, 6.07) is 0. The monoisotopic (exact) mass is 461 g/mol. The fourth-order valence-electron chi connectivity index (χ4n) is 1.92. The highest BCUT2D eigenvalue weighted by Crippen LogP contribution is 2.37. The Morgan fingerprint density at radius 1 is 0.500 bits per heavy atom. The second-order valence-corrected chi connectivity index (χ2v) is 5.31. The van der Waals surface area contributed by atoms with Gasteiger partial charge in [0, 0.05) is 6.54 Å². The number of hydrogen-bond acceptors (Lipinski definition) is 1. The summed E-state index contributed by atoms with van der Waals surface area (Å²) in [6.07, 6.45) is -3.70. The van der Waals surface area contributed by atoms with Gasteiger partial charge in [0.2, 0.25) is 11.6 Å². The van der Waals surface area contributed by atoms with Gasteiger partial charge < -0.3 is 0 Å². The third-order valence-electron chi connectivity index (χ3n) is 3.25. The molecule has 1 N–H and O–H groups in total. The average molecular weight is 461 g/mol. The Morgan fingerprint density at radius 2 is 0.733 bits per heavy atom. The standard InChI is InChI=1S/C12F10.C4H8F3N/c13-3-1(4(14)8(18)11(21)7(3)17)2-5(15)9(19)12(22)10(20)6(2)16;1-2-3-8-4(5,6)7/h;8H,2-3H2,1H3. The normalized spacial score (nSPS) is 11.4. The molecule has 0 bridgehead atoms. The second-order valence-electron chi connectivity index (χ2n) is 5.31. The van der Waals surface area contributed by atoms with E-state index >= 15 is 0 Å². The first-order valence-electron chi connectivity index (χ1n) is 7.52. The Kier molecular flexibility index (Phi) is 8.11. The van der Waals surface area contributed by atoms with E-state index in [9.17, 15) is 57.1 Å². The lowest BCUT2D eigenvalue weighted by molar-refractivity contribution is -0.156. The lowest BCUT2D eigenvalue weighted by Crippen LogP contribution is -2.31. The molecular weight excluding hydrogens is 453 g/mol. The minimum absolute atomic E-state index is 0.00347. The summed E-state index contributed by atoms with van der Waals surface area (Å²) in [4.78, 5) is 0. The maximum absolute atomic E-state index is 13.4. The predicted molar refractivity (Wildman–Crippen MR) is 75.8 cm³/mol. The zero-order valence-electron chi connectivity index (χ0n) is 14.3. The summed E-state index contributed by atoms with van der Waals surface area (Å²) in [6.45, 7) is 1.68. The van der Waals surface area contributed by atoms with Crippen molar-refractivity contribution in [2.24, 2.45) is 0 Å². The van der Waals surface area contributed by atoms with Crippen LogP contribution in [-0.2, 0) is 0 Å². The van der Waals surface area contributed by atoms with Crippen LogP contribution in [0, 0.1) is 58.2 Å². The van der Waals surface area contributed by atoms with Gasteiger partial charge in [-0.1, -0.05) is 6.92 Å². The summed E-state index contributed by atoms with van der Waals surface area (Å²) in [5.74, 6) is -26.6. The van der Waals surface area contributed by atoms with Crippen molar-refractivity contribution >= 4 is 0 Å². The van der Waals surface area contributed by atoms with E-state index < -0.39 is 75.6 Å². The molecule has 0 aliphatic rings. The molecule has 0 saturated heterocycles. The number of halogens is 13. The van der Waals surface area contributed by atoms with Crippen LogP contribution < -0.4 is 5.32 Å². The molecular formula is C16H8F13N. The minimum atomic E-state index is -4.20. The first-order valence-corrected chi connectivity index (χ1v) is 7.52. The Morgan fingerprint density at radius 3 is 0.900 bits per heavy atom. The number of hydrogen-bond donors (Lipinski definition) is 1. The molecule has 0 atom stereocenters. The van der Waals surface area contributed by atoms with Crippen LogP contribution in [0.25, 0.3) is 11.1 Å². The highest BCUT2D eigenvalue weighted by molar-refractivity contribution is 5.67.